The van der Waals surface area contributed by atoms with Gasteiger partial charge in [-0.2, -0.15) is 8.42 Å². The van der Waals surface area contributed by atoms with Crippen molar-refractivity contribution in [3.63, 3.8) is 0 Å². The molecule has 0 aromatic heterocycles. The van der Waals surface area contributed by atoms with Crippen molar-refractivity contribution in [3.8, 4) is 0 Å². The first-order valence-corrected chi connectivity index (χ1v) is 9.07. The van der Waals surface area contributed by atoms with E-state index in [4.69, 9.17) is 11.6 Å². The van der Waals surface area contributed by atoms with Crippen molar-refractivity contribution in [3.05, 3.63) is 23.3 Å². The topological polar surface area (TPSA) is 66.5 Å². The van der Waals surface area contributed by atoms with Crippen LogP contribution in [0.25, 0.3) is 0 Å². The van der Waals surface area contributed by atoms with Gasteiger partial charge in [0.15, 0.2) is 5.78 Å². The van der Waals surface area contributed by atoms with Crippen LogP contribution in [-0.2, 0) is 16.6 Å². The number of nitrogens with zero attached hydrogens (tertiary/aromatic N) is 1. The van der Waals surface area contributed by atoms with Crippen molar-refractivity contribution >= 4 is 39.0 Å². The Morgan fingerprint density at radius 1 is 1.33 bits per heavy atom. The van der Waals surface area contributed by atoms with Crippen LogP contribution in [0.4, 0.5) is 11.4 Å². The molecule has 7 heteroatoms. The summed E-state index contributed by atoms with van der Waals surface area (Å²) in [6, 6.07) is 3.50. The van der Waals surface area contributed by atoms with Crippen LogP contribution in [0.5, 0.6) is 0 Å². The molecule has 0 aliphatic carbocycles. The summed E-state index contributed by atoms with van der Waals surface area (Å²) >= 11 is 5.62. The summed E-state index contributed by atoms with van der Waals surface area (Å²) in [5, 5.41) is 0. The van der Waals surface area contributed by atoms with Crippen LogP contribution in [0, 0.1) is 0 Å². The number of Topliss-reactive ketones (excluding diaryl/α,β-unsaturated/α-hetero) is 1. The molecule has 1 aromatic rings. The lowest BCUT2D eigenvalue weighted by atomic mass is 9.96. The molecular formula is C14H17ClN2O3S. The Balaban J connectivity index is 1.93. The summed E-state index contributed by atoms with van der Waals surface area (Å²) in [4.78, 5) is 12.2. The van der Waals surface area contributed by atoms with Gasteiger partial charge in [-0.15, -0.1) is 11.6 Å². The van der Waals surface area contributed by atoms with Crippen LogP contribution in [0.1, 0.15) is 41.6 Å². The fraction of sp³-hybridized carbons (Fsp3) is 0.500. The minimum absolute atomic E-state index is 0.0439. The molecule has 1 aromatic carbocycles. The van der Waals surface area contributed by atoms with Gasteiger partial charge in [-0.25, -0.2) is 0 Å². The molecule has 2 aliphatic rings. The lowest BCUT2D eigenvalue weighted by Crippen LogP contribution is -2.33. The normalized spacial score (nSPS) is 18.2. The Kier molecular flexibility index (Phi) is 3.84. The number of nitrogens with one attached hydrogen (secondary N) is 1. The van der Waals surface area contributed by atoms with Gasteiger partial charge < -0.3 is 0 Å². The van der Waals surface area contributed by atoms with Gasteiger partial charge in [0.2, 0.25) is 0 Å². The number of benzene rings is 1. The molecular weight excluding hydrogens is 312 g/mol. The van der Waals surface area contributed by atoms with Crippen molar-refractivity contribution in [2.75, 3.05) is 21.5 Å². The summed E-state index contributed by atoms with van der Waals surface area (Å²) in [5.41, 5.74) is 2.78. The number of alkyl halides is 1. The highest BCUT2D eigenvalue weighted by Crippen LogP contribution is 2.42. The van der Waals surface area contributed by atoms with Crippen molar-refractivity contribution in [1.29, 1.82) is 0 Å². The van der Waals surface area contributed by atoms with Gasteiger partial charge in [-0.05, 0) is 43.4 Å². The van der Waals surface area contributed by atoms with Gasteiger partial charge in [-0.3, -0.25) is 13.8 Å². The molecule has 0 bridgehead atoms. The number of hydrogen-bond donors (Lipinski definition) is 1. The Labute approximate surface area is 129 Å². The van der Waals surface area contributed by atoms with Crippen molar-refractivity contribution < 1.29 is 13.2 Å². The van der Waals surface area contributed by atoms with E-state index in [0.717, 1.165) is 36.9 Å². The molecule has 2 heterocycles. The highest BCUT2D eigenvalue weighted by molar-refractivity contribution is 7.94. The monoisotopic (exact) mass is 328 g/mol. The van der Waals surface area contributed by atoms with Gasteiger partial charge in [0.05, 0.1) is 11.4 Å². The Morgan fingerprint density at radius 2 is 2.14 bits per heavy atom. The number of carbonyl (C=O) groups is 1. The van der Waals surface area contributed by atoms with E-state index < -0.39 is 10.2 Å². The number of rotatable bonds is 5. The average molecular weight is 329 g/mol. The van der Waals surface area contributed by atoms with Gasteiger partial charge in [0.25, 0.3) is 0 Å². The van der Waals surface area contributed by atoms with E-state index in [2.05, 4.69) is 4.72 Å². The predicted octanol–water partition coefficient (Wildman–Crippen LogP) is 2.70. The molecule has 0 atom stereocenters. The molecule has 21 heavy (non-hydrogen) atoms. The zero-order valence-electron chi connectivity index (χ0n) is 11.6. The molecule has 5 nitrogen and oxygen atoms in total. The van der Waals surface area contributed by atoms with Crippen molar-refractivity contribution in [2.24, 2.45) is 0 Å². The number of anilines is 2. The minimum atomic E-state index is -3.48. The largest absolute Gasteiger partial charge is 0.324 e. The Morgan fingerprint density at radius 3 is 2.90 bits per heavy atom. The lowest BCUT2D eigenvalue weighted by molar-refractivity contribution is 0.0980. The zero-order valence-corrected chi connectivity index (χ0v) is 13.1. The number of carbonyl (C=O) groups excluding carboxylic acids is 1. The van der Waals surface area contributed by atoms with E-state index in [1.165, 1.54) is 4.31 Å². The SMILES string of the molecule is O=C(CCCCCl)c1cc2c3c(c1)NS(=O)(=O)N3CCC2. The molecule has 2 aliphatic heterocycles. The highest BCUT2D eigenvalue weighted by atomic mass is 35.5. The van der Waals surface area contributed by atoms with E-state index in [0.29, 0.717) is 30.1 Å². The van der Waals surface area contributed by atoms with Crippen LogP contribution < -0.4 is 9.03 Å². The molecule has 0 saturated heterocycles. The van der Waals surface area contributed by atoms with Crippen LogP contribution in [0.15, 0.2) is 12.1 Å². The highest BCUT2D eigenvalue weighted by Gasteiger charge is 2.37. The maximum Gasteiger partial charge on any atom is 0.324 e. The van der Waals surface area contributed by atoms with Crippen LogP contribution >= 0.6 is 11.6 Å². The maximum absolute atomic E-state index is 12.2. The fourth-order valence-corrected chi connectivity index (χ4v) is 4.46. The van der Waals surface area contributed by atoms with E-state index in [9.17, 15) is 13.2 Å². The van der Waals surface area contributed by atoms with Crippen molar-refractivity contribution in [2.45, 2.75) is 32.1 Å². The van der Waals surface area contributed by atoms with Gasteiger partial charge in [0, 0.05) is 24.4 Å². The third-order valence-corrected chi connectivity index (χ3v) is 5.57. The molecule has 0 fully saturated rings. The maximum atomic E-state index is 12.2. The van der Waals surface area contributed by atoms with E-state index in [1.54, 1.807) is 6.07 Å². The standard InChI is InChI=1S/C14H17ClN2O3S/c15-6-2-1-5-13(18)11-8-10-4-3-7-17-14(10)12(9-11)16-21(17,19)20/h8-9,16H,1-7H2. The number of ketones is 1. The molecule has 0 radical (unpaired) electrons. The summed E-state index contributed by atoms with van der Waals surface area (Å²) in [6.07, 6.45) is 3.59. The van der Waals surface area contributed by atoms with Crippen LogP contribution in [0.2, 0.25) is 0 Å². The molecule has 0 unspecified atom stereocenters. The molecule has 0 spiro atoms. The number of aryl methyl sites for hydroxylation is 1. The predicted molar refractivity (Wildman–Crippen MR) is 83.6 cm³/mol. The summed E-state index contributed by atoms with van der Waals surface area (Å²) in [6.45, 7) is 0.498. The molecule has 0 amide bonds. The first kappa shape index (κ1) is 14.7. The Bertz CT molecular complexity index is 688. The summed E-state index contributed by atoms with van der Waals surface area (Å²) < 4.78 is 28.0. The minimum Gasteiger partial charge on any atom is -0.294 e. The van der Waals surface area contributed by atoms with E-state index >= 15 is 0 Å². The summed E-state index contributed by atoms with van der Waals surface area (Å²) in [5.74, 6) is 0.597. The molecule has 0 saturated carbocycles. The second kappa shape index (κ2) is 5.50. The number of unbranched alkanes of at least 4 members (excludes halogenated alkanes) is 1. The average Bonchev–Trinajstić information content (AvgIpc) is 2.71. The van der Waals surface area contributed by atoms with Gasteiger partial charge in [0.1, 0.15) is 0 Å². The van der Waals surface area contributed by atoms with Gasteiger partial charge in [-0.1, -0.05) is 0 Å². The smallest absolute Gasteiger partial charge is 0.294 e. The van der Waals surface area contributed by atoms with Crippen molar-refractivity contribution in [1.82, 2.24) is 0 Å². The second-order valence-corrected chi connectivity index (χ2v) is 7.36. The quantitative estimate of drug-likeness (QED) is 0.513. The van der Waals surface area contributed by atoms with Gasteiger partial charge >= 0.3 is 10.2 Å². The Hall–Kier alpha value is -1.27. The zero-order chi connectivity index (χ0) is 15.0. The molecule has 114 valence electrons. The first-order chi connectivity index (χ1) is 10.0. The van der Waals surface area contributed by atoms with E-state index in [1.807, 2.05) is 6.07 Å². The molecule has 1 N–H and O–H groups in total. The number of halogens is 1. The fourth-order valence-electron chi connectivity index (χ4n) is 2.90. The number of hydrogen-bond acceptors (Lipinski definition) is 3. The third-order valence-electron chi connectivity index (χ3n) is 3.88. The third kappa shape index (κ3) is 2.62. The van der Waals surface area contributed by atoms with Crippen LogP contribution in [-0.4, -0.2) is 26.6 Å². The van der Waals surface area contributed by atoms with E-state index in [-0.39, 0.29) is 5.78 Å². The molecule has 3 rings (SSSR count). The lowest BCUT2D eigenvalue weighted by Gasteiger charge is -2.24. The second-order valence-electron chi connectivity index (χ2n) is 5.38. The summed E-state index contributed by atoms with van der Waals surface area (Å²) in [7, 11) is -3.48. The van der Waals surface area contributed by atoms with Crippen LogP contribution in [0.3, 0.4) is 0 Å². The first-order valence-electron chi connectivity index (χ1n) is 7.09.